The maximum absolute atomic E-state index is 11.0. The van der Waals surface area contributed by atoms with Gasteiger partial charge in [-0.15, -0.1) is 0 Å². The molecule has 1 fully saturated rings. The van der Waals surface area contributed by atoms with Crippen LogP contribution in [0.2, 0.25) is 0 Å². The predicted octanol–water partition coefficient (Wildman–Crippen LogP) is 1.06. The highest BCUT2D eigenvalue weighted by atomic mass is 32.2. The van der Waals surface area contributed by atoms with Crippen LogP contribution in [-0.2, 0) is 9.84 Å². The summed E-state index contributed by atoms with van der Waals surface area (Å²) in [5.41, 5.74) is 0.366. The molecule has 0 unspecified atom stereocenters. The Hall–Kier alpha value is -0.0900. The van der Waals surface area contributed by atoms with E-state index in [1.165, 1.54) is 6.26 Å². The van der Waals surface area contributed by atoms with Gasteiger partial charge in [0.25, 0.3) is 0 Å². The van der Waals surface area contributed by atoms with Gasteiger partial charge in [-0.05, 0) is 24.2 Å². The Kier molecular flexibility index (Phi) is 3.58. The van der Waals surface area contributed by atoms with Crippen LogP contribution in [0.3, 0.4) is 0 Å². The van der Waals surface area contributed by atoms with Crippen LogP contribution >= 0.6 is 0 Å². The molecule has 3 nitrogen and oxygen atoms in total. The first-order valence-electron chi connectivity index (χ1n) is 5.24. The summed E-state index contributed by atoms with van der Waals surface area (Å²) < 4.78 is 22.0. The third-order valence-electron chi connectivity index (χ3n) is 3.37. The molecule has 84 valence electrons. The first-order valence-corrected chi connectivity index (χ1v) is 7.30. The summed E-state index contributed by atoms with van der Waals surface area (Å²) in [4.78, 5) is 0. The Morgan fingerprint density at radius 2 is 1.93 bits per heavy atom. The molecule has 0 aromatic rings. The first kappa shape index (κ1) is 12.0. The molecule has 0 aromatic heterocycles. The average molecular weight is 219 g/mol. The Labute approximate surface area is 87.2 Å². The summed E-state index contributed by atoms with van der Waals surface area (Å²) in [7, 11) is -2.78. The second kappa shape index (κ2) is 4.19. The average Bonchev–Trinajstić information content (AvgIpc) is 1.91. The van der Waals surface area contributed by atoms with E-state index in [1.807, 2.05) is 0 Å². The monoisotopic (exact) mass is 219 g/mol. The van der Waals surface area contributed by atoms with Gasteiger partial charge in [-0.2, -0.15) is 0 Å². The van der Waals surface area contributed by atoms with Crippen LogP contribution in [-0.4, -0.2) is 33.5 Å². The van der Waals surface area contributed by atoms with E-state index >= 15 is 0 Å². The number of hydrogen-bond donors (Lipinski definition) is 1. The van der Waals surface area contributed by atoms with Crippen molar-refractivity contribution in [2.45, 2.75) is 26.7 Å². The van der Waals surface area contributed by atoms with Gasteiger partial charge >= 0.3 is 0 Å². The predicted molar refractivity (Wildman–Crippen MR) is 59.1 cm³/mol. The van der Waals surface area contributed by atoms with Crippen LogP contribution in [0.5, 0.6) is 0 Å². The molecule has 0 bridgehead atoms. The SMILES string of the molecule is CC(C)C1(CCCS(C)(=O)=O)CNC1. The maximum Gasteiger partial charge on any atom is 0.147 e. The molecule has 0 atom stereocenters. The summed E-state index contributed by atoms with van der Waals surface area (Å²) in [6.07, 6.45) is 3.15. The molecule has 1 aliphatic heterocycles. The second-order valence-electron chi connectivity index (χ2n) is 4.85. The lowest BCUT2D eigenvalue weighted by Crippen LogP contribution is -2.56. The van der Waals surface area contributed by atoms with Crippen molar-refractivity contribution in [3.63, 3.8) is 0 Å². The third-order valence-corrected chi connectivity index (χ3v) is 4.40. The Balaban J connectivity index is 2.36. The molecule has 0 spiro atoms. The van der Waals surface area contributed by atoms with Gasteiger partial charge in [0.15, 0.2) is 0 Å². The van der Waals surface area contributed by atoms with Gasteiger partial charge in [0.2, 0.25) is 0 Å². The highest BCUT2D eigenvalue weighted by Crippen LogP contribution is 2.36. The molecule has 0 aromatic carbocycles. The molecular formula is C10H21NO2S. The standard InChI is InChI=1S/C10H21NO2S/c1-9(2)10(7-11-8-10)5-4-6-14(3,12)13/h9,11H,4-8H2,1-3H3. The minimum atomic E-state index is -2.78. The molecule has 1 aliphatic rings. The van der Waals surface area contributed by atoms with E-state index in [0.717, 1.165) is 25.9 Å². The fourth-order valence-corrected chi connectivity index (χ4v) is 2.67. The first-order chi connectivity index (χ1) is 6.36. The van der Waals surface area contributed by atoms with Crippen molar-refractivity contribution in [3.8, 4) is 0 Å². The van der Waals surface area contributed by atoms with Crippen LogP contribution in [0.1, 0.15) is 26.7 Å². The molecular weight excluding hydrogens is 198 g/mol. The zero-order valence-electron chi connectivity index (χ0n) is 9.34. The fourth-order valence-electron chi connectivity index (χ4n) is 2.01. The Morgan fingerprint density at radius 3 is 2.21 bits per heavy atom. The molecule has 0 radical (unpaired) electrons. The minimum Gasteiger partial charge on any atom is -0.316 e. The van der Waals surface area contributed by atoms with Gasteiger partial charge < -0.3 is 5.32 Å². The van der Waals surface area contributed by atoms with Crippen LogP contribution in [0.25, 0.3) is 0 Å². The topological polar surface area (TPSA) is 46.2 Å². The van der Waals surface area contributed by atoms with Crippen LogP contribution in [0.15, 0.2) is 0 Å². The van der Waals surface area contributed by atoms with E-state index in [4.69, 9.17) is 0 Å². The van der Waals surface area contributed by atoms with E-state index in [0.29, 0.717) is 17.1 Å². The molecule has 0 saturated carbocycles. The van der Waals surface area contributed by atoms with Crippen molar-refractivity contribution in [1.29, 1.82) is 0 Å². The molecule has 0 aliphatic carbocycles. The molecule has 1 saturated heterocycles. The smallest absolute Gasteiger partial charge is 0.147 e. The van der Waals surface area contributed by atoms with Crippen molar-refractivity contribution in [2.24, 2.45) is 11.3 Å². The van der Waals surface area contributed by atoms with Crippen molar-refractivity contribution in [3.05, 3.63) is 0 Å². The van der Waals surface area contributed by atoms with E-state index in [-0.39, 0.29) is 0 Å². The molecule has 14 heavy (non-hydrogen) atoms. The van der Waals surface area contributed by atoms with Crippen LogP contribution < -0.4 is 5.32 Å². The number of rotatable bonds is 5. The zero-order valence-corrected chi connectivity index (χ0v) is 10.2. The summed E-state index contributed by atoms with van der Waals surface area (Å²) in [6, 6.07) is 0. The second-order valence-corrected chi connectivity index (χ2v) is 7.11. The van der Waals surface area contributed by atoms with Gasteiger partial charge in [0.05, 0.1) is 0 Å². The van der Waals surface area contributed by atoms with Gasteiger partial charge in [-0.25, -0.2) is 8.42 Å². The normalized spacial score (nSPS) is 20.9. The largest absolute Gasteiger partial charge is 0.316 e. The summed E-state index contributed by atoms with van der Waals surface area (Å²) in [5, 5.41) is 3.28. The van der Waals surface area contributed by atoms with Crippen LogP contribution in [0.4, 0.5) is 0 Å². The minimum absolute atomic E-state index is 0.335. The van der Waals surface area contributed by atoms with Gasteiger partial charge in [0, 0.05) is 25.1 Å². The van der Waals surface area contributed by atoms with E-state index in [2.05, 4.69) is 19.2 Å². The third kappa shape index (κ3) is 2.95. The number of sulfone groups is 1. The van der Waals surface area contributed by atoms with Crippen molar-refractivity contribution in [1.82, 2.24) is 5.32 Å². The summed E-state index contributed by atoms with van der Waals surface area (Å²) in [5.74, 6) is 0.977. The lowest BCUT2D eigenvalue weighted by Gasteiger charge is -2.46. The number of nitrogens with one attached hydrogen (secondary N) is 1. The van der Waals surface area contributed by atoms with Gasteiger partial charge in [-0.3, -0.25) is 0 Å². The van der Waals surface area contributed by atoms with Crippen LogP contribution in [0, 0.1) is 11.3 Å². The molecule has 1 rings (SSSR count). The van der Waals surface area contributed by atoms with Gasteiger partial charge in [-0.1, -0.05) is 13.8 Å². The molecule has 4 heteroatoms. The highest BCUT2D eigenvalue weighted by molar-refractivity contribution is 7.90. The number of hydrogen-bond acceptors (Lipinski definition) is 3. The summed E-state index contributed by atoms with van der Waals surface area (Å²) >= 11 is 0. The Bertz CT molecular complexity index is 278. The molecule has 1 N–H and O–H groups in total. The quantitative estimate of drug-likeness (QED) is 0.752. The maximum atomic E-state index is 11.0. The summed E-state index contributed by atoms with van der Waals surface area (Å²) in [6.45, 7) is 6.55. The van der Waals surface area contributed by atoms with E-state index in [9.17, 15) is 8.42 Å². The lowest BCUT2D eigenvalue weighted by molar-refractivity contribution is 0.0866. The molecule has 1 heterocycles. The lowest BCUT2D eigenvalue weighted by atomic mass is 9.69. The van der Waals surface area contributed by atoms with Crippen molar-refractivity contribution in [2.75, 3.05) is 25.1 Å². The van der Waals surface area contributed by atoms with E-state index < -0.39 is 9.84 Å². The highest BCUT2D eigenvalue weighted by Gasteiger charge is 2.39. The molecule has 0 amide bonds. The van der Waals surface area contributed by atoms with E-state index in [1.54, 1.807) is 0 Å². The van der Waals surface area contributed by atoms with Gasteiger partial charge in [0.1, 0.15) is 9.84 Å². The Morgan fingerprint density at radius 1 is 1.36 bits per heavy atom. The zero-order chi connectivity index (χ0) is 10.8. The fraction of sp³-hybridized carbons (Fsp3) is 1.00. The van der Waals surface area contributed by atoms with Crippen molar-refractivity contribution >= 4 is 9.84 Å². The van der Waals surface area contributed by atoms with Crippen molar-refractivity contribution < 1.29 is 8.42 Å².